The van der Waals surface area contributed by atoms with Crippen LogP contribution in [0.4, 0.5) is 0 Å². The molecule has 1 heterocycles. The molecule has 3 heteroatoms. The first-order valence-electron chi connectivity index (χ1n) is 7.05. The molecule has 0 aliphatic carbocycles. The normalized spacial score (nSPS) is 15.3. The van der Waals surface area contributed by atoms with Crippen LogP contribution in [0.25, 0.3) is 0 Å². The van der Waals surface area contributed by atoms with Gasteiger partial charge in [-0.1, -0.05) is 19.9 Å². The summed E-state index contributed by atoms with van der Waals surface area (Å²) < 4.78 is 0. The standard InChI is InChI=1S/C15H28N2S/c1-6-16-10-13(4)14(5)17(12(2)3)11-15-8-7-9-18-15/h7-9,12-14,16H,6,10-11H2,1-5H3. The van der Waals surface area contributed by atoms with Gasteiger partial charge in [0, 0.05) is 23.5 Å². The number of hydrogen-bond donors (Lipinski definition) is 1. The van der Waals surface area contributed by atoms with Gasteiger partial charge >= 0.3 is 0 Å². The predicted octanol–water partition coefficient (Wildman–Crippen LogP) is 3.59. The summed E-state index contributed by atoms with van der Waals surface area (Å²) in [4.78, 5) is 4.07. The Morgan fingerprint density at radius 2 is 2.00 bits per heavy atom. The molecule has 18 heavy (non-hydrogen) atoms. The van der Waals surface area contributed by atoms with E-state index in [1.165, 1.54) is 4.88 Å². The van der Waals surface area contributed by atoms with Crippen LogP contribution in [0.1, 0.15) is 39.5 Å². The Labute approximate surface area is 116 Å². The van der Waals surface area contributed by atoms with E-state index >= 15 is 0 Å². The minimum Gasteiger partial charge on any atom is -0.317 e. The van der Waals surface area contributed by atoms with Crippen molar-refractivity contribution in [3.05, 3.63) is 22.4 Å². The van der Waals surface area contributed by atoms with Gasteiger partial charge in [0.25, 0.3) is 0 Å². The molecule has 0 spiro atoms. The summed E-state index contributed by atoms with van der Waals surface area (Å²) in [6.45, 7) is 14.7. The first kappa shape index (κ1) is 15.7. The fourth-order valence-corrected chi connectivity index (χ4v) is 2.96. The van der Waals surface area contributed by atoms with Crippen LogP contribution in [0.2, 0.25) is 0 Å². The van der Waals surface area contributed by atoms with Crippen molar-refractivity contribution in [2.75, 3.05) is 13.1 Å². The van der Waals surface area contributed by atoms with Crippen LogP contribution in [0.15, 0.2) is 17.5 Å². The number of nitrogens with zero attached hydrogens (tertiary/aromatic N) is 1. The van der Waals surface area contributed by atoms with Crippen molar-refractivity contribution in [1.29, 1.82) is 0 Å². The van der Waals surface area contributed by atoms with E-state index < -0.39 is 0 Å². The molecule has 0 aliphatic heterocycles. The third-order valence-electron chi connectivity index (χ3n) is 3.64. The average molecular weight is 268 g/mol. The summed E-state index contributed by atoms with van der Waals surface area (Å²) in [6.07, 6.45) is 0. The van der Waals surface area contributed by atoms with Crippen molar-refractivity contribution in [3.8, 4) is 0 Å². The highest BCUT2D eigenvalue weighted by Gasteiger charge is 2.22. The molecule has 2 unspecified atom stereocenters. The monoisotopic (exact) mass is 268 g/mol. The summed E-state index contributed by atoms with van der Waals surface area (Å²) in [6, 6.07) is 5.57. The highest BCUT2D eigenvalue weighted by atomic mass is 32.1. The van der Waals surface area contributed by atoms with E-state index in [9.17, 15) is 0 Å². The number of hydrogen-bond acceptors (Lipinski definition) is 3. The molecule has 1 aromatic rings. The van der Waals surface area contributed by atoms with Crippen molar-refractivity contribution < 1.29 is 0 Å². The molecule has 1 aromatic heterocycles. The van der Waals surface area contributed by atoms with Gasteiger partial charge in [0.05, 0.1) is 0 Å². The van der Waals surface area contributed by atoms with Gasteiger partial charge in [-0.2, -0.15) is 0 Å². The van der Waals surface area contributed by atoms with Crippen molar-refractivity contribution in [3.63, 3.8) is 0 Å². The van der Waals surface area contributed by atoms with E-state index in [1.807, 2.05) is 11.3 Å². The Hall–Kier alpha value is -0.380. The number of thiophene rings is 1. The molecular weight excluding hydrogens is 240 g/mol. The van der Waals surface area contributed by atoms with Crippen LogP contribution in [0.5, 0.6) is 0 Å². The van der Waals surface area contributed by atoms with Crippen molar-refractivity contribution >= 4 is 11.3 Å². The fourth-order valence-electron chi connectivity index (χ4n) is 2.25. The van der Waals surface area contributed by atoms with Crippen LogP contribution in [-0.2, 0) is 6.54 Å². The molecule has 0 fully saturated rings. The van der Waals surface area contributed by atoms with Crippen LogP contribution in [0.3, 0.4) is 0 Å². The minimum atomic E-state index is 0.589. The van der Waals surface area contributed by atoms with Gasteiger partial charge in [-0.3, -0.25) is 4.90 Å². The number of rotatable bonds is 8. The zero-order valence-electron chi connectivity index (χ0n) is 12.4. The van der Waals surface area contributed by atoms with Crippen molar-refractivity contribution in [2.45, 2.75) is 53.2 Å². The SMILES string of the molecule is CCNCC(C)C(C)N(Cc1cccs1)C(C)C. The molecule has 0 saturated carbocycles. The van der Waals surface area contributed by atoms with Gasteiger partial charge in [0.15, 0.2) is 0 Å². The lowest BCUT2D eigenvalue weighted by Gasteiger charge is -2.36. The molecular formula is C15H28N2S. The highest BCUT2D eigenvalue weighted by Crippen LogP contribution is 2.20. The zero-order chi connectivity index (χ0) is 13.5. The summed E-state index contributed by atoms with van der Waals surface area (Å²) in [5, 5.41) is 5.62. The van der Waals surface area contributed by atoms with E-state index in [2.05, 4.69) is 62.3 Å². The van der Waals surface area contributed by atoms with Crippen molar-refractivity contribution in [1.82, 2.24) is 10.2 Å². The zero-order valence-corrected chi connectivity index (χ0v) is 13.3. The molecule has 0 amide bonds. The molecule has 1 rings (SSSR count). The smallest absolute Gasteiger partial charge is 0.0333 e. The maximum Gasteiger partial charge on any atom is 0.0333 e. The molecule has 0 aromatic carbocycles. The van der Waals surface area contributed by atoms with E-state index in [1.54, 1.807) is 0 Å². The molecule has 1 N–H and O–H groups in total. The predicted molar refractivity (Wildman–Crippen MR) is 82.2 cm³/mol. The third kappa shape index (κ3) is 4.71. The van der Waals surface area contributed by atoms with Gasteiger partial charge in [0.1, 0.15) is 0 Å². The largest absolute Gasteiger partial charge is 0.317 e. The molecule has 2 atom stereocenters. The van der Waals surface area contributed by atoms with Gasteiger partial charge in [-0.05, 0) is 51.2 Å². The Morgan fingerprint density at radius 3 is 2.50 bits per heavy atom. The Bertz CT molecular complexity index is 308. The first-order chi connectivity index (χ1) is 8.56. The van der Waals surface area contributed by atoms with Gasteiger partial charge < -0.3 is 5.32 Å². The highest BCUT2D eigenvalue weighted by molar-refractivity contribution is 7.09. The van der Waals surface area contributed by atoms with Crippen LogP contribution >= 0.6 is 11.3 Å². The second kappa shape index (κ2) is 7.93. The minimum absolute atomic E-state index is 0.589. The maximum atomic E-state index is 3.46. The molecule has 0 bridgehead atoms. The van der Waals surface area contributed by atoms with E-state index in [0.717, 1.165) is 19.6 Å². The van der Waals surface area contributed by atoms with E-state index in [4.69, 9.17) is 0 Å². The third-order valence-corrected chi connectivity index (χ3v) is 4.51. The molecule has 2 nitrogen and oxygen atoms in total. The molecule has 0 radical (unpaired) electrons. The summed E-state index contributed by atoms with van der Waals surface area (Å²) in [5.74, 6) is 0.673. The lowest BCUT2D eigenvalue weighted by Crippen LogP contribution is -2.44. The first-order valence-corrected chi connectivity index (χ1v) is 7.93. The van der Waals surface area contributed by atoms with E-state index in [-0.39, 0.29) is 0 Å². The quantitative estimate of drug-likeness (QED) is 0.775. The Morgan fingerprint density at radius 1 is 1.28 bits per heavy atom. The fraction of sp³-hybridized carbons (Fsp3) is 0.733. The average Bonchev–Trinajstić information content (AvgIpc) is 2.84. The maximum absolute atomic E-state index is 3.46. The van der Waals surface area contributed by atoms with Crippen molar-refractivity contribution in [2.24, 2.45) is 5.92 Å². The second-order valence-electron chi connectivity index (χ2n) is 5.37. The van der Waals surface area contributed by atoms with Crippen LogP contribution in [-0.4, -0.2) is 30.1 Å². The topological polar surface area (TPSA) is 15.3 Å². The molecule has 0 aliphatic rings. The van der Waals surface area contributed by atoms with E-state index in [0.29, 0.717) is 18.0 Å². The summed E-state index contributed by atoms with van der Waals surface area (Å²) in [7, 11) is 0. The second-order valence-corrected chi connectivity index (χ2v) is 6.40. The summed E-state index contributed by atoms with van der Waals surface area (Å²) in [5.41, 5.74) is 0. The molecule has 0 saturated heterocycles. The van der Waals surface area contributed by atoms with Crippen LogP contribution < -0.4 is 5.32 Å². The Balaban J connectivity index is 2.60. The number of nitrogens with one attached hydrogen (secondary N) is 1. The van der Waals surface area contributed by atoms with Gasteiger partial charge in [0.2, 0.25) is 0 Å². The van der Waals surface area contributed by atoms with Gasteiger partial charge in [-0.15, -0.1) is 11.3 Å². The van der Waals surface area contributed by atoms with Gasteiger partial charge in [-0.25, -0.2) is 0 Å². The summed E-state index contributed by atoms with van der Waals surface area (Å²) >= 11 is 1.86. The van der Waals surface area contributed by atoms with Crippen LogP contribution in [0, 0.1) is 5.92 Å². The molecule has 104 valence electrons. The lowest BCUT2D eigenvalue weighted by atomic mass is 10.0. The Kier molecular flexibility index (Phi) is 6.90. The lowest BCUT2D eigenvalue weighted by molar-refractivity contribution is 0.116.